The summed E-state index contributed by atoms with van der Waals surface area (Å²) >= 11 is 0. The number of benzene rings is 3. The number of aromatic nitrogens is 1. The predicted molar refractivity (Wildman–Crippen MR) is 106 cm³/mol. The molecule has 0 saturated heterocycles. The number of hydrogen-bond acceptors (Lipinski definition) is 1. The molecule has 0 N–H and O–H groups in total. The molecule has 5 rings (SSSR count). The van der Waals surface area contributed by atoms with E-state index in [1.807, 2.05) is 54.7 Å². The maximum atomic E-state index is 13.0. The molecule has 27 heavy (non-hydrogen) atoms. The molecule has 0 aliphatic carbocycles. The Labute approximate surface area is 158 Å². The van der Waals surface area contributed by atoms with Crippen molar-refractivity contribution in [1.29, 1.82) is 0 Å². The molecule has 0 unspecified atom stereocenters. The average molecular weight is 348 g/mol. The fourth-order valence-corrected chi connectivity index (χ4v) is 3.76. The highest BCUT2D eigenvalue weighted by molar-refractivity contribution is 6.08. The number of nitrogens with zero attached hydrogens (tertiary/aromatic N) is 1. The molecule has 1 aliphatic heterocycles. The monoisotopic (exact) mass is 348 g/mol. The van der Waals surface area contributed by atoms with Gasteiger partial charge in [-0.15, -0.1) is 0 Å². The zero-order chi connectivity index (χ0) is 18.2. The van der Waals surface area contributed by atoms with E-state index >= 15 is 0 Å². The van der Waals surface area contributed by atoms with Crippen LogP contribution < -0.4 is 4.57 Å². The topological polar surface area (TPSA) is 20.9 Å². The molecule has 128 valence electrons. The molecule has 2 nitrogen and oxygen atoms in total. The van der Waals surface area contributed by atoms with Gasteiger partial charge in [-0.05, 0) is 23.3 Å². The van der Waals surface area contributed by atoms with E-state index in [9.17, 15) is 4.79 Å². The van der Waals surface area contributed by atoms with E-state index in [0.29, 0.717) is 5.56 Å². The minimum atomic E-state index is 0.0564. The average Bonchev–Trinajstić information content (AvgIpc) is 3.12. The Hall–Kier alpha value is -3.52. The first-order valence-corrected chi connectivity index (χ1v) is 9.11. The largest absolute Gasteiger partial charge is 0.288 e. The second kappa shape index (κ2) is 6.33. The molecule has 0 atom stereocenters. The minimum Gasteiger partial charge on any atom is -0.288 e. The van der Waals surface area contributed by atoms with Crippen molar-refractivity contribution in [1.82, 2.24) is 0 Å². The zero-order valence-electron chi connectivity index (χ0n) is 14.8. The van der Waals surface area contributed by atoms with Gasteiger partial charge in [0, 0.05) is 17.2 Å². The van der Waals surface area contributed by atoms with Crippen molar-refractivity contribution in [3.05, 3.63) is 114 Å². The molecule has 4 aromatic rings. The number of rotatable bonds is 3. The maximum Gasteiger partial charge on any atom is 0.213 e. The summed E-state index contributed by atoms with van der Waals surface area (Å²) in [4.78, 5) is 13.0. The molecule has 1 aliphatic rings. The lowest BCUT2D eigenvalue weighted by atomic mass is 10.00. The van der Waals surface area contributed by atoms with Gasteiger partial charge in [0.1, 0.15) is 0 Å². The molecule has 2 heterocycles. The van der Waals surface area contributed by atoms with E-state index in [-0.39, 0.29) is 5.78 Å². The van der Waals surface area contributed by atoms with Crippen molar-refractivity contribution in [2.75, 3.05) is 0 Å². The molecule has 0 radical (unpaired) electrons. The molecule has 0 fully saturated rings. The zero-order valence-corrected chi connectivity index (χ0v) is 14.8. The van der Waals surface area contributed by atoms with Crippen LogP contribution in [-0.4, -0.2) is 5.78 Å². The van der Waals surface area contributed by atoms with E-state index in [1.165, 1.54) is 16.8 Å². The Morgan fingerprint density at radius 1 is 0.667 bits per heavy atom. The van der Waals surface area contributed by atoms with E-state index in [1.54, 1.807) is 0 Å². The van der Waals surface area contributed by atoms with E-state index < -0.39 is 0 Å². The van der Waals surface area contributed by atoms with Crippen molar-refractivity contribution in [2.45, 2.75) is 6.54 Å². The van der Waals surface area contributed by atoms with Gasteiger partial charge in [0.15, 0.2) is 18.5 Å². The highest BCUT2D eigenvalue weighted by Crippen LogP contribution is 2.27. The lowest BCUT2D eigenvalue weighted by Crippen LogP contribution is -2.33. The van der Waals surface area contributed by atoms with Crippen LogP contribution in [-0.2, 0) is 6.54 Å². The fraction of sp³-hybridized carbons (Fsp3) is 0.0400. The third-order valence-electron chi connectivity index (χ3n) is 5.18. The smallest absolute Gasteiger partial charge is 0.213 e. The summed E-state index contributed by atoms with van der Waals surface area (Å²) in [5, 5.41) is 0. The minimum absolute atomic E-state index is 0.0564. The first kappa shape index (κ1) is 15.7. The summed E-state index contributed by atoms with van der Waals surface area (Å²) < 4.78 is 2.16. The van der Waals surface area contributed by atoms with Crippen LogP contribution in [0.15, 0.2) is 97.2 Å². The molecule has 3 aromatic carbocycles. The van der Waals surface area contributed by atoms with Gasteiger partial charge < -0.3 is 0 Å². The quantitative estimate of drug-likeness (QED) is 0.335. The first-order valence-electron chi connectivity index (χ1n) is 9.11. The summed E-state index contributed by atoms with van der Waals surface area (Å²) in [5.41, 5.74) is 7.43. The van der Waals surface area contributed by atoms with Gasteiger partial charge >= 0.3 is 0 Å². The molecular formula is C25H18NO+. The van der Waals surface area contributed by atoms with Gasteiger partial charge in [-0.25, -0.2) is 0 Å². The third-order valence-corrected chi connectivity index (χ3v) is 5.18. The van der Waals surface area contributed by atoms with Crippen LogP contribution in [0.5, 0.6) is 0 Å². The first-order chi connectivity index (χ1) is 13.3. The van der Waals surface area contributed by atoms with Gasteiger partial charge in [0.05, 0.1) is 11.1 Å². The van der Waals surface area contributed by atoms with Crippen LogP contribution in [0, 0.1) is 0 Å². The fourth-order valence-electron chi connectivity index (χ4n) is 3.76. The van der Waals surface area contributed by atoms with E-state index in [0.717, 1.165) is 23.2 Å². The summed E-state index contributed by atoms with van der Waals surface area (Å²) in [6.45, 7) is 0.819. The normalized spacial score (nSPS) is 11.7. The summed E-state index contributed by atoms with van der Waals surface area (Å²) in [6, 6.07) is 30.4. The van der Waals surface area contributed by atoms with Crippen LogP contribution >= 0.6 is 0 Å². The van der Waals surface area contributed by atoms with Crippen LogP contribution in [0.4, 0.5) is 0 Å². The highest BCUT2D eigenvalue weighted by Gasteiger charge is 2.26. The van der Waals surface area contributed by atoms with Crippen molar-refractivity contribution in [3.63, 3.8) is 0 Å². The number of ketones is 1. The Morgan fingerprint density at radius 3 is 2.15 bits per heavy atom. The summed E-state index contributed by atoms with van der Waals surface area (Å²) in [7, 11) is 0. The van der Waals surface area contributed by atoms with Crippen LogP contribution in [0.25, 0.3) is 22.4 Å². The number of carbonyl (C=O) groups excluding carboxylic acids is 1. The molecule has 1 aromatic heterocycles. The molecule has 0 amide bonds. The van der Waals surface area contributed by atoms with E-state index in [2.05, 4.69) is 47.0 Å². The van der Waals surface area contributed by atoms with E-state index in [4.69, 9.17) is 0 Å². The summed E-state index contributed by atoms with van der Waals surface area (Å²) in [6.07, 6.45) is 1.97. The number of pyridine rings is 1. The van der Waals surface area contributed by atoms with Crippen LogP contribution in [0.1, 0.15) is 21.5 Å². The maximum absolute atomic E-state index is 13.0. The molecule has 0 spiro atoms. The molecule has 0 saturated carbocycles. The molecule has 0 bridgehead atoms. The van der Waals surface area contributed by atoms with Gasteiger partial charge in [-0.2, -0.15) is 4.57 Å². The molecular weight excluding hydrogens is 330 g/mol. The number of hydrogen-bond donors (Lipinski definition) is 0. The van der Waals surface area contributed by atoms with Crippen molar-refractivity contribution < 1.29 is 9.36 Å². The lowest BCUT2D eigenvalue weighted by molar-refractivity contribution is -0.672. The van der Waals surface area contributed by atoms with Crippen molar-refractivity contribution >= 4 is 5.78 Å². The summed E-state index contributed by atoms with van der Waals surface area (Å²) in [5.74, 6) is 0.0564. The lowest BCUT2D eigenvalue weighted by Gasteiger charge is -2.04. The highest BCUT2D eigenvalue weighted by atomic mass is 16.1. The Kier molecular flexibility index (Phi) is 3.68. The Morgan fingerprint density at radius 2 is 1.33 bits per heavy atom. The number of carbonyl (C=O) groups is 1. The second-order valence-corrected chi connectivity index (χ2v) is 6.86. The van der Waals surface area contributed by atoms with Crippen molar-refractivity contribution in [3.8, 4) is 22.4 Å². The van der Waals surface area contributed by atoms with Gasteiger partial charge in [-0.1, -0.05) is 72.8 Å². The SMILES string of the molecule is O=C(c1ccc(-c2ccccc2)cc1)c1ccc2[n+](c1)Cc1ccccc1-2. The van der Waals surface area contributed by atoms with Gasteiger partial charge in [0.25, 0.3) is 0 Å². The third kappa shape index (κ3) is 2.76. The standard InChI is InChI=1S/C25H18NO/c27-25(20-12-10-19(11-13-20)18-6-2-1-3-7-18)22-14-15-24-23-9-5-4-8-21(23)16-26(24)17-22/h1-15,17H,16H2/q+1. The van der Waals surface area contributed by atoms with Crippen molar-refractivity contribution in [2.24, 2.45) is 0 Å². The Bertz CT molecular complexity index is 1140. The second-order valence-electron chi connectivity index (χ2n) is 6.86. The Balaban J connectivity index is 1.44. The van der Waals surface area contributed by atoms with Crippen LogP contribution in [0.2, 0.25) is 0 Å². The van der Waals surface area contributed by atoms with Gasteiger partial charge in [0.2, 0.25) is 5.69 Å². The predicted octanol–water partition coefficient (Wildman–Crippen LogP) is 4.90. The van der Waals surface area contributed by atoms with Gasteiger partial charge in [-0.3, -0.25) is 4.79 Å². The van der Waals surface area contributed by atoms with Crippen LogP contribution in [0.3, 0.4) is 0 Å². The number of fused-ring (bicyclic) bond motifs is 3. The molecule has 2 heteroatoms.